The van der Waals surface area contributed by atoms with Gasteiger partial charge < -0.3 is 0 Å². The number of hydrogen-bond acceptors (Lipinski definition) is 0. The Balaban J connectivity index is 2.74. The summed E-state index contributed by atoms with van der Waals surface area (Å²) in [6.07, 6.45) is 3.04. The van der Waals surface area contributed by atoms with E-state index in [9.17, 15) is 0 Å². The van der Waals surface area contributed by atoms with E-state index in [1.165, 1.54) is 11.1 Å². The van der Waals surface area contributed by atoms with Gasteiger partial charge in [0.05, 0.1) is 0 Å². The summed E-state index contributed by atoms with van der Waals surface area (Å²) in [6, 6.07) is 8.72. The van der Waals surface area contributed by atoms with Crippen LogP contribution in [0, 0.1) is 6.92 Å². The van der Waals surface area contributed by atoms with Gasteiger partial charge in [-0.1, -0.05) is 42.8 Å². The van der Waals surface area contributed by atoms with E-state index in [2.05, 4.69) is 44.7 Å². The van der Waals surface area contributed by atoms with Crippen molar-refractivity contribution in [2.75, 3.05) is 0 Å². The minimum absolute atomic E-state index is 0.600. The van der Waals surface area contributed by atoms with Crippen LogP contribution in [0.15, 0.2) is 36.9 Å². The maximum Gasteiger partial charge on any atom is -0.0156 e. The van der Waals surface area contributed by atoms with Crippen molar-refractivity contribution in [3.63, 3.8) is 0 Å². The summed E-state index contributed by atoms with van der Waals surface area (Å²) in [5.74, 6) is 0.600. The molecule has 1 atom stereocenters. The molecular weight excluding hydrogens is 144 g/mol. The van der Waals surface area contributed by atoms with Gasteiger partial charge in [-0.25, -0.2) is 0 Å². The third kappa shape index (κ3) is 2.23. The van der Waals surface area contributed by atoms with Crippen LogP contribution in [0.4, 0.5) is 0 Å². The molecule has 0 saturated heterocycles. The van der Waals surface area contributed by atoms with E-state index in [1.54, 1.807) is 0 Å². The minimum atomic E-state index is 0.600. The van der Waals surface area contributed by atoms with E-state index < -0.39 is 0 Å². The van der Waals surface area contributed by atoms with Gasteiger partial charge in [0.25, 0.3) is 0 Å². The molecule has 0 aliphatic heterocycles. The summed E-state index contributed by atoms with van der Waals surface area (Å²) >= 11 is 0. The molecule has 12 heavy (non-hydrogen) atoms. The Labute approximate surface area is 74.9 Å². The van der Waals surface area contributed by atoms with Crippen LogP contribution in [0.1, 0.15) is 30.4 Å². The molecule has 0 heteroatoms. The molecule has 0 nitrogen and oxygen atoms in total. The zero-order valence-electron chi connectivity index (χ0n) is 7.88. The lowest BCUT2D eigenvalue weighted by molar-refractivity contribution is 0.781. The van der Waals surface area contributed by atoms with Crippen molar-refractivity contribution >= 4 is 0 Å². The normalized spacial score (nSPS) is 12.5. The molecule has 0 saturated carbocycles. The first-order valence-corrected chi connectivity index (χ1v) is 4.41. The van der Waals surface area contributed by atoms with Gasteiger partial charge in [0.15, 0.2) is 0 Å². The van der Waals surface area contributed by atoms with Gasteiger partial charge in [-0.2, -0.15) is 0 Å². The van der Waals surface area contributed by atoms with Crippen LogP contribution >= 0.6 is 0 Å². The van der Waals surface area contributed by atoms with E-state index in [1.807, 2.05) is 6.08 Å². The summed E-state index contributed by atoms with van der Waals surface area (Å²) < 4.78 is 0. The van der Waals surface area contributed by atoms with Crippen molar-refractivity contribution in [2.45, 2.75) is 26.2 Å². The molecule has 0 aliphatic carbocycles. The molecule has 0 bridgehead atoms. The predicted octanol–water partition coefficient (Wildman–Crippen LogP) is 3.67. The maximum absolute atomic E-state index is 3.74. The highest BCUT2D eigenvalue weighted by atomic mass is 14.1. The molecule has 64 valence electrons. The molecule has 0 spiro atoms. The molecule has 0 aromatic heterocycles. The fraction of sp³-hybridized carbons (Fsp3) is 0.333. The second-order valence-corrected chi connectivity index (χ2v) is 3.34. The molecular formula is C12H16. The zero-order chi connectivity index (χ0) is 8.97. The van der Waals surface area contributed by atoms with Crippen molar-refractivity contribution in [3.8, 4) is 0 Å². The average molecular weight is 160 g/mol. The van der Waals surface area contributed by atoms with Crippen LogP contribution in [-0.2, 0) is 0 Å². The molecule has 0 fully saturated rings. The van der Waals surface area contributed by atoms with Gasteiger partial charge in [-0.3, -0.25) is 0 Å². The van der Waals surface area contributed by atoms with Gasteiger partial charge in [-0.15, -0.1) is 6.58 Å². The van der Waals surface area contributed by atoms with Crippen molar-refractivity contribution in [1.82, 2.24) is 0 Å². The summed E-state index contributed by atoms with van der Waals surface area (Å²) in [6.45, 7) is 8.09. The first-order chi connectivity index (χ1) is 5.74. The highest BCUT2D eigenvalue weighted by Gasteiger charge is 2.01. The van der Waals surface area contributed by atoms with Crippen molar-refractivity contribution in [2.24, 2.45) is 0 Å². The molecule has 0 amide bonds. The minimum Gasteiger partial charge on any atom is -0.103 e. The van der Waals surface area contributed by atoms with Crippen LogP contribution in [0.3, 0.4) is 0 Å². The van der Waals surface area contributed by atoms with Crippen LogP contribution < -0.4 is 0 Å². The lowest BCUT2D eigenvalue weighted by Crippen LogP contribution is -1.90. The zero-order valence-corrected chi connectivity index (χ0v) is 7.88. The lowest BCUT2D eigenvalue weighted by atomic mass is 9.97. The Bertz CT molecular complexity index is 243. The molecule has 1 aromatic rings. The number of rotatable bonds is 3. The van der Waals surface area contributed by atoms with E-state index in [-0.39, 0.29) is 0 Å². The Morgan fingerprint density at radius 3 is 2.42 bits per heavy atom. The smallest absolute Gasteiger partial charge is 0.0156 e. The molecule has 0 unspecified atom stereocenters. The fourth-order valence-corrected chi connectivity index (χ4v) is 1.28. The highest BCUT2D eigenvalue weighted by molar-refractivity contribution is 5.24. The number of hydrogen-bond donors (Lipinski definition) is 0. The van der Waals surface area contributed by atoms with Crippen molar-refractivity contribution in [3.05, 3.63) is 48.0 Å². The van der Waals surface area contributed by atoms with Gasteiger partial charge in [0, 0.05) is 0 Å². The monoisotopic (exact) mass is 160 g/mol. The first kappa shape index (κ1) is 9.05. The standard InChI is InChI=1S/C12H16/c1-4-5-11(3)12-8-6-10(2)7-9-12/h4,6-9,11H,1,5H2,2-3H3/t11-/m1/s1. The Morgan fingerprint density at radius 1 is 1.33 bits per heavy atom. The number of aryl methyl sites for hydroxylation is 1. The second-order valence-electron chi connectivity index (χ2n) is 3.34. The van der Waals surface area contributed by atoms with Crippen LogP contribution in [-0.4, -0.2) is 0 Å². The Kier molecular flexibility index (Phi) is 3.09. The van der Waals surface area contributed by atoms with E-state index in [4.69, 9.17) is 0 Å². The molecule has 0 aliphatic rings. The van der Waals surface area contributed by atoms with Gasteiger partial charge in [-0.05, 0) is 24.8 Å². The molecule has 1 rings (SSSR count). The Morgan fingerprint density at radius 2 is 1.92 bits per heavy atom. The van der Waals surface area contributed by atoms with E-state index in [0.717, 1.165) is 6.42 Å². The quantitative estimate of drug-likeness (QED) is 0.592. The van der Waals surface area contributed by atoms with E-state index in [0.29, 0.717) is 5.92 Å². The van der Waals surface area contributed by atoms with Gasteiger partial charge in [0.1, 0.15) is 0 Å². The first-order valence-electron chi connectivity index (χ1n) is 4.41. The molecule has 1 aromatic carbocycles. The number of allylic oxidation sites excluding steroid dienone is 1. The summed E-state index contributed by atoms with van der Waals surface area (Å²) in [4.78, 5) is 0. The van der Waals surface area contributed by atoms with Gasteiger partial charge in [0.2, 0.25) is 0 Å². The fourth-order valence-electron chi connectivity index (χ4n) is 1.28. The van der Waals surface area contributed by atoms with Crippen molar-refractivity contribution < 1.29 is 0 Å². The summed E-state index contributed by atoms with van der Waals surface area (Å²) in [5.41, 5.74) is 2.73. The maximum atomic E-state index is 3.74. The average Bonchev–Trinajstić information content (AvgIpc) is 2.06. The third-order valence-electron chi connectivity index (χ3n) is 2.17. The van der Waals surface area contributed by atoms with Crippen LogP contribution in [0.5, 0.6) is 0 Å². The summed E-state index contributed by atoms with van der Waals surface area (Å²) in [5, 5.41) is 0. The summed E-state index contributed by atoms with van der Waals surface area (Å²) in [7, 11) is 0. The largest absolute Gasteiger partial charge is 0.103 e. The van der Waals surface area contributed by atoms with Crippen molar-refractivity contribution in [1.29, 1.82) is 0 Å². The molecule has 0 heterocycles. The molecule has 0 N–H and O–H groups in total. The van der Waals surface area contributed by atoms with Gasteiger partial charge >= 0.3 is 0 Å². The number of benzene rings is 1. The third-order valence-corrected chi connectivity index (χ3v) is 2.17. The predicted molar refractivity (Wildman–Crippen MR) is 54.4 cm³/mol. The lowest BCUT2D eigenvalue weighted by Gasteiger charge is -2.08. The topological polar surface area (TPSA) is 0 Å². The second kappa shape index (κ2) is 4.10. The van der Waals surface area contributed by atoms with Crippen LogP contribution in [0.2, 0.25) is 0 Å². The van der Waals surface area contributed by atoms with Crippen LogP contribution in [0.25, 0.3) is 0 Å². The Hall–Kier alpha value is -1.04. The highest BCUT2D eigenvalue weighted by Crippen LogP contribution is 2.19. The SMILES string of the molecule is C=CC[C@@H](C)c1ccc(C)cc1. The molecule has 0 radical (unpaired) electrons. The van der Waals surface area contributed by atoms with E-state index >= 15 is 0 Å².